The summed E-state index contributed by atoms with van der Waals surface area (Å²) >= 11 is 0. The van der Waals surface area contributed by atoms with Crippen molar-refractivity contribution in [1.29, 1.82) is 5.41 Å². The number of pyridine rings is 1. The van der Waals surface area contributed by atoms with E-state index in [0.29, 0.717) is 29.2 Å². The van der Waals surface area contributed by atoms with Crippen LogP contribution in [0, 0.1) is 5.41 Å². The molecule has 0 atom stereocenters. The van der Waals surface area contributed by atoms with Crippen molar-refractivity contribution in [2.45, 2.75) is 0 Å². The summed E-state index contributed by atoms with van der Waals surface area (Å²) in [6.45, 7) is 4.66. The molecule has 0 aliphatic carbocycles. The van der Waals surface area contributed by atoms with Crippen LogP contribution in [0.3, 0.4) is 0 Å². The maximum atomic E-state index is 12.3. The first-order valence-electron chi connectivity index (χ1n) is 11.8. The van der Waals surface area contributed by atoms with Gasteiger partial charge in [0.05, 0.1) is 26.0 Å². The standard InChI is InChI=1S/C26H31N7O3/c1-35-23-8-3-2-7-22(23)31-25(27)32-24-10-9-20(18-29-24)19-5-4-6-21(17-19)30-26(34)28-11-12-33-13-15-36-16-14-33/h2-10,17-18H,11-16H2,1H3,(H2,28,30,34)(H3,27,29,31,32). The number of anilines is 2. The highest BCUT2D eigenvalue weighted by atomic mass is 16.5. The topological polar surface area (TPSA) is 127 Å². The predicted octanol–water partition coefficient (Wildman–Crippen LogP) is 3.09. The number of amides is 2. The van der Waals surface area contributed by atoms with E-state index in [1.807, 2.05) is 60.8 Å². The minimum absolute atomic E-state index is 0.0191. The fourth-order valence-electron chi connectivity index (χ4n) is 3.79. The van der Waals surface area contributed by atoms with Gasteiger partial charge in [-0.05, 0) is 47.5 Å². The van der Waals surface area contributed by atoms with Crippen LogP contribution < -0.4 is 26.2 Å². The number of para-hydroxylation sites is 2. The van der Waals surface area contributed by atoms with Crippen molar-refractivity contribution >= 4 is 23.4 Å². The molecule has 4 rings (SSSR count). The van der Waals surface area contributed by atoms with E-state index in [-0.39, 0.29) is 12.0 Å². The Morgan fingerprint density at radius 2 is 1.92 bits per heavy atom. The third-order valence-electron chi connectivity index (χ3n) is 5.66. The maximum Gasteiger partial charge on any atom is 0.319 e. The Kier molecular flexibility index (Phi) is 8.68. The summed E-state index contributed by atoms with van der Waals surface area (Å²) in [5.74, 6) is 0.616. The number of benzene rings is 2. The van der Waals surface area contributed by atoms with Gasteiger partial charge in [0.15, 0.2) is 0 Å². The molecule has 10 nitrogen and oxygen atoms in total. The SMILES string of the molecule is COc1ccccc1NC(=N)/N=c1/ccc(-c2cccc(NC(=O)NCCN3CCOCC3)c2)c[nH]1. The van der Waals surface area contributed by atoms with Crippen LogP contribution >= 0.6 is 0 Å². The molecule has 188 valence electrons. The summed E-state index contributed by atoms with van der Waals surface area (Å²) in [5, 5.41) is 16.9. The average molecular weight is 490 g/mol. The predicted molar refractivity (Wildman–Crippen MR) is 140 cm³/mol. The van der Waals surface area contributed by atoms with Crippen LogP contribution in [-0.4, -0.2) is 68.4 Å². The quantitative estimate of drug-likeness (QED) is 0.258. The third kappa shape index (κ3) is 7.17. The van der Waals surface area contributed by atoms with Crippen molar-refractivity contribution in [3.8, 4) is 16.9 Å². The number of hydrogen-bond acceptors (Lipinski definition) is 5. The van der Waals surface area contributed by atoms with Crippen LogP contribution in [-0.2, 0) is 4.74 Å². The summed E-state index contributed by atoms with van der Waals surface area (Å²) in [6.07, 6.45) is 1.82. The van der Waals surface area contributed by atoms with E-state index >= 15 is 0 Å². The molecule has 1 aliphatic rings. The molecule has 36 heavy (non-hydrogen) atoms. The number of aromatic amines is 1. The number of H-pyrrole nitrogens is 1. The lowest BCUT2D eigenvalue weighted by molar-refractivity contribution is 0.0388. The van der Waals surface area contributed by atoms with Gasteiger partial charge in [0.1, 0.15) is 11.2 Å². The number of methoxy groups -OCH3 is 1. The van der Waals surface area contributed by atoms with Crippen LogP contribution in [0.2, 0.25) is 0 Å². The lowest BCUT2D eigenvalue weighted by atomic mass is 10.1. The number of ether oxygens (including phenoxy) is 2. The van der Waals surface area contributed by atoms with Crippen molar-refractivity contribution in [2.24, 2.45) is 4.99 Å². The van der Waals surface area contributed by atoms with Gasteiger partial charge in [0.2, 0.25) is 5.96 Å². The minimum atomic E-state index is -0.234. The third-order valence-corrected chi connectivity index (χ3v) is 5.66. The molecular weight excluding hydrogens is 458 g/mol. The zero-order valence-corrected chi connectivity index (χ0v) is 20.2. The Bertz CT molecular complexity index is 1230. The van der Waals surface area contributed by atoms with Crippen molar-refractivity contribution in [3.05, 3.63) is 72.3 Å². The van der Waals surface area contributed by atoms with Crippen molar-refractivity contribution < 1.29 is 14.3 Å². The van der Waals surface area contributed by atoms with Crippen molar-refractivity contribution in [3.63, 3.8) is 0 Å². The number of nitrogens with one attached hydrogen (secondary N) is 5. The molecule has 1 aliphatic heterocycles. The van der Waals surface area contributed by atoms with Gasteiger partial charge in [-0.15, -0.1) is 0 Å². The zero-order chi connectivity index (χ0) is 25.2. The Morgan fingerprint density at radius 3 is 2.69 bits per heavy atom. The summed E-state index contributed by atoms with van der Waals surface area (Å²) in [7, 11) is 1.58. The van der Waals surface area contributed by atoms with Crippen molar-refractivity contribution in [2.75, 3.05) is 57.1 Å². The molecule has 1 saturated heterocycles. The van der Waals surface area contributed by atoms with Gasteiger partial charge in [-0.2, -0.15) is 4.99 Å². The monoisotopic (exact) mass is 489 g/mol. The molecule has 3 aromatic rings. The molecule has 2 aromatic carbocycles. The first-order valence-corrected chi connectivity index (χ1v) is 11.8. The Morgan fingerprint density at radius 1 is 1.08 bits per heavy atom. The number of carbonyl (C=O) groups is 1. The van der Waals surface area contributed by atoms with Crippen LogP contribution in [0.4, 0.5) is 16.2 Å². The summed E-state index contributed by atoms with van der Waals surface area (Å²) in [6, 6.07) is 18.4. The summed E-state index contributed by atoms with van der Waals surface area (Å²) < 4.78 is 10.6. The maximum absolute atomic E-state index is 12.3. The molecule has 2 amide bonds. The number of guanidine groups is 1. The second-order valence-electron chi connectivity index (χ2n) is 8.16. The highest BCUT2D eigenvalue weighted by Crippen LogP contribution is 2.23. The number of nitrogens with zero attached hydrogens (tertiary/aromatic N) is 2. The number of carbonyl (C=O) groups excluding carboxylic acids is 1. The van der Waals surface area contributed by atoms with Gasteiger partial charge >= 0.3 is 6.03 Å². The molecule has 0 saturated carbocycles. The number of aromatic nitrogens is 1. The molecular formula is C26H31N7O3. The van der Waals surface area contributed by atoms with E-state index in [2.05, 4.69) is 30.8 Å². The summed E-state index contributed by atoms with van der Waals surface area (Å²) in [5.41, 5.74) is 3.76. The molecule has 0 unspecified atom stereocenters. The molecule has 1 fully saturated rings. The molecule has 5 N–H and O–H groups in total. The van der Waals surface area contributed by atoms with E-state index in [1.165, 1.54) is 0 Å². The molecule has 0 radical (unpaired) electrons. The Balaban J connectivity index is 1.33. The van der Waals surface area contributed by atoms with E-state index in [4.69, 9.17) is 14.9 Å². The highest BCUT2D eigenvalue weighted by molar-refractivity contribution is 5.93. The molecule has 10 heteroatoms. The van der Waals surface area contributed by atoms with Gasteiger partial charge < -0.3 is 30.4 Å². The fourth-order valence-corrected chi connectivity index (χ4v) is 3.79. The highest BCUT2D eigenvalue weighted by Gasteiger charge is 2.10. The van der Waals surface area contributed by atoms with Crippen LogP contribution in [0.1, 0.15) is 0 Å². The number of morpholine rings is 1. The lowest BCUT2D eigenvalue weighted by Crippen LogP contribution is -2.42. The first kappa shape index (κ1) is 25.0. The van der Waals surface area contributed by atoms with Gasteiger partial charge in [-0.1, -0.05) is 24.3 Å². The van der Waals surface area contributed by atoms with Crippen LogP contribution in [0.5, 0.6) is 5.75 Å². The van der Waals surface area contributed by atoms with Crippen molar-refractivity contribution in [1.82, 2.24) is 15.2 Å². The second-order valence-corrected chi connectivity index (χ2v) is 8.16. The number of hydrogen-bond donors (Lipinski definition) is 5. The largest absolute Gasteiger partial charge is 0.495 e. The second kappa shape index (κ2) is 12.5. The average Bonchev–Trinajstić information content (AvgIpc) is 2.90. The van der Waals surface area contributed by atoms with Gasteiger partial charge in [-0.25, -0.2) is 4.79 Å². The van der Waals surface area contributed by atoms with E-state index in [1.54, 1.807) is 13.2 Å². The van der Waals surface area contributed by atoms with Gasteiger partial charge in [0, 0.05) is 38.1 Å². The number of urea groups is 1. The Hall–Kier alpha value is -4.15. The molecule has 2 heterocycles. The fraction of sp³-hybridized carbons (Fsp3) is 0.269. The zero-order valence-electron chi connectivity index (χ0n) is 20.2. The Labute approximate surface area is 209 Å². The van der Waals surface area contributed by atoms with Gasteiger partial charge in [0.25, 0.3) is 0 Å². The molecule has 0 spiro atoms. The van der Waals surface area contributed by atoms with Gasteiger partial charge in [-0.3, -0.25) is 10.3 Å². The van der Waals surface area contributed by atoms with Crippen LogP contribution in [0.15, 0.2) is 71.9 Å². The normalized spacial score (nSPS) is 14.2. The van der Waals surface area contributed by atoms with E-state index < -0.39 is 0 Å². The molecule has 1 aromatic heterocycles. The number of rotatable bonds is 7. The van der Waals surface area contributed by atoms with Crippen LogP contribution in [0.25, 0.3) is 11.1 Å². The minimum Gasteiger partial charge on any atom is -0.495 e. The lowest BCUT2D eigenvalue weighted by Gasteiger charge is -2.26. The summed E-state index contributed by atoms with van der Waals surface area (Å²) in [4.78, 5) is 22.0. The van der Waals surface area contributed by atoms with E-state index in [9.17, 15) is 4.79 Å². The van der Waals surface area contributed by atoms with E-state index in [0.717, 1.165) is 44.0 Å². The first-order chi connectivity index (χ1) is 17.6. The smallest absolute Gasteiger partial charge is 0.319 e. The molecule has 0 bridgehead atoms.